The highest BCUT2D eigenvalue weighted by atomic mass is 19.3. The number of carbonyl (C=O) groups is 1. The lowest BCUT2D eigenvalue weighted by Crippen LogP contribution is -2.29. The molecule has 2 aromatic carbocycles. The zero-order valence-corrected chi connectivity index (χ0v) is 16.6. The Morgan fingerprint density at radius 3 is 2.63 bits per heavy atom. The van der Waals surface area contributed by atoms with Crippen LogP contribution in [-0.2, 0) is 4.79 Å². The Morgan fingerprint density at radius 1 is 1.17 bits per heavy atom. The van der Waals surface area contributed by atoms with E-state index >= 15 is 0 Å². The summed E-state index contributed by atoms with van der Waals surface area (Å²) in [5, 5.41) is 0. The Labute approximate surface area is 173 Å². The van der Waals surface area contributed by atoms with Gasteiger partial charge in [0, 0.05) is 30.4 Å². The molecule has 1 saturated heterocycles. The normalized spacial score (nSPS) is 21.0. The van der Waals surface area contributed by atoms with E-state index in [0.29, 0.717) is 6.54 Å². The molecule has 5 rings (SSSR count). The summed E-state index contributed by atoms with van der Waals surface area (Å²) in [5.41, 5.74) is 5.29. The number of H-pyrrole nitrogens is 1. The average Bonchev–Trinajstić information content (AvgIpc) is 3.43. The van der Waals surface area contributed by atoms with E-state index < -0.39 is 5.92 Å². The van der Waals surface area contributed by atoms with Gasteiger partial charge in [0.05, 0.1) is 29.9 Å². The molecule has 1 aromatic heterocycles. The van der Waals surface area contributed by atoms with Crippen LogP contribution in [0, 0.1) is 0 Å². The monoisotopic (exact) mass is 408 g/mol. The molecule has 154 valence electrons. The number of halogens is 2. The van der Waals surface area contributed by atoms with Crippen LogP contribution in [0.15, 0.2) is 60.4 Å². The van der Waals surface area contributed by atoms with Crippen molar-refractivity contribution in [3.8, 4) is 0 Å². The van der Waals surface area contributed by atoms with E-state index in [0.717, 1.165) is 40.0 Å². The standard InChI is InChI=1S/C23H22F2N4O/c1-2-15-11-21(30)29(18-7-8-19-20(12-18)27-14-26-19)22(15)16-3-5-17(6-4-16)28-10-9-23(24,25)13-28/h3-8,11-12,14,22H,2,9-10,13H2,1H3,(H,26,27). The fourth-order valence-electron chi connectivity index (χ4n) is 4.43. The Morgan fingerprint density at radius 2 is 1.93 bits per heavy atom. The summed E-state index contributed by atoms with van der Waals surface area (Å²) >= 11 is 0. The van der Waals surface area contributed by atoms with Gasteiger partial charge in [0.15, 0.2) is 0 Å². The van der Waals surface area contributed by atoms with Crippen molar-refractivity contribution in [2.45, 2.75) is 31.7 Å². The maximum absolute atomic E-state index is 13.6. The number of carbonyl (C=O) groups excluding carboxylic acids is 1. The number of anilines is 2. The van der Waals surface area contributed by atoms with Crippen LogP contribution < -0.4 is 9.80 Å². The van der Waals surface area contributed by atoms with Crippen molar-refractivity contribution in [2.75, 3.05) is 22.9 Å². The second-order valence-electron chi connectivity index (χ2n) is 7.91. The van der Waals surface area contributed by atoms with Gasteiger partial charge in [0.2, 0.25) is 0 Å². The summed E-state index contributed by atoms with van der Waals surface area (Å²) in [6.45, 7) is 2.14. The molecule has 3 heterocycles. The van der Waals surface area contributed by atoms with E-state index in [1.165, 1.54) is 0 Å². The highest BCUT2D eigenvalue weighted by molar-refractivity contribution is 6.06. The summed E-state index contributed by atoms with van der Waals surface area (Å²) in [5.74, 6) is -2.68. The van der Waals surface area contributed by atoms with Crippen molar-refractivity contribution in [1.82, 2.24) is 9.97 Å². The number of nitrogens with one attached hydrogen (secondary N) is 1. The van der Waals surface area contributed by atoms with Gasteiger partial charge in [0.25, 0.3) is 11.8 Å². The number of rotatable bonds is 4. The second-order valence-corrected chi connectivity index (χ2v) is 7.91. The van der Waals surface area contributed by atoms with Crippen molar-refractivity contribution in [3.63, 3.8) is 0 Å². The minimum Gasteiger partial charge on any atom is -0.365 e. The van der Waals surface area contributed by atoms with E-state index in [1.54, 1.807) is 22.2 Å². The summed E-state index contributed by atoms with van der Waals surface area (Å²) in [4.78, 5) is 23.7. The fraction of sp³-hybridized carbons (Fsp3) is 0.304. The lowest BCUT2D eigenvalue weighted by molar-refractivity contribution is -0.113. The van der Waals surface area contributed by atoms with Crippen molar-refractivity contribution < 1.29 is 13.6 Å². The number of imidazole rings is 1. The number of hydrogen-bond donors (Lipinski definition) is 1. The van der Waals surface area contributed by atoms with Crippen molar-refractivity contribution >= 4 is 28.3 Å². The molecule has 30 heavy (non-hydrogen) atoms. The quantitative estimate of drug-likeness (QED) is 0.673. The highest BCUT2D eigenvalue weighted by Crippen LogP contribution is 2.40. The number of alkyl halides is 2. The summed E-state index contributed by atoms with van der Waals surface area (Å²) in [6.07, 6.45) is 3.97. The molecular formula is C23H22F2N4O. The first kappa shape index (κ1) is 18.8. The van der Waals surface area contributed by atoms with Crippen LogP contribution in [0.2, 0.25) is 0 Å². The predicted molar refractivity (Wildman–Crippen MR) is 113 cm³/mol. The zero-order valence-electron chi connectivity index (χ0n) is 16.6. The number of aromatic nitrogens is 2. The minimum absolute atomic E-state index is 0.0565. The van der Waals surface area contributed by atoms with Crippen LogP contribution in [0.4, 0.5) is 20.2 Å². The Balaban J connectivity index is 1.48. The number of benzene rings is 2. The van der Waals surface area contributed by atoms with E-state index in [4.69, 9.17) is 0 Å². The number of amides is 1. The number of nitrogens with zero attached hydrogens (tertiary/aromatic N) is 3. The van der Waals surface area contributed by atoms with Crippen molar-refractivity contribution in [1.29, 1.82) is 0 Å². The molecule has 0 radical (unpaired) electrons. The lowest BCUT2D eigenvalue weighted by Gasteiger charge is -2.28. The van der Waals surface area contributed by atoms with Gasteiger partial charge in [-0.3, -0.25) is 9.69 Å². The largest absolute Gasteiger partial charge is 0.365 e. The van der Waals surface area contributed by atoms with Crippen LogP contribution in [0.1, 0.15) is 31.4 Å². The van der Waals surface area contributed by atoms with Gasteiger partial charge < -0.3 is 9.88 Å². The van der Waals surface area contributed by atoms with E-state index in [-0.39, 0.29) is 24.9 Å². The summed E-state index contributed by atoms with van der Waals surface area (Å²) in [7, 11) is 0. The van der Waals surface area contributed by atoms with Crippen molar-refractivity contribution in [2.24, 2.45) is 0 Å². The van der Waals surface area contributed by atoms with Crippen molar-refractivity contribution in [3.05, 3.63) is 66.0 Å². The molecule has 0 aliphatic carbocycles. The molecule has 1 fully saturated rings. The van der Waals surface area contributed by atoms with E-state index in [2.05, 4.69) is 9.97 Å². The zero-order chi connectivity index (χ0) is 20.9. The second kappa shape index (κ2) is 6.93. The molecular weight excluding hydrogens is 386 g/mol. The van der Waals surface area contributed by atoms with Crippen LogP contribution in [0.3, 0.4) is 0 Å². The van der Waals surface area contributed by atoms with E-state index in [1.807, 2.05) is 49.4 Å². The topological polar surface area (TPSA) is 52.2 Å². The predicted octanol–water partition coefficient (Wildman–Crippen LogP) is 4.83. The van der Waals surface area contributed by atoms with Gasteiger partial charge in [-0.15, -0.1) is 0 Å². The molecule has 2 aliphatic heterocycles. The van der Waals surface area contributed by atoms with Gasteiger partial charge in [-0.1, -0.05) is 19.1 Å². The molecule has 7 heteroatoms. The molecule has 0 spiro atoms. The van der Waals surface area contributed by atoms with Gasteiger partial charge in [-0.2, -0.15) is 0 Å². The molecule has 1 atom stereocenters. The molecule has 1 N–H and O–H groups in total. The average molecular weight is 408 g/mol. The van der Waals surface area contributed by atoms with Crippen LogP contribution >= 0.6 is 0 Å². The minimum atomic E-state index is -2.63. The summed E-state index contributed by atoms with van der Waals surface area (Å²) < 4.78 is 27.1. The first-order chi connectivity index (χ1) is 14.4. The Kier molecular flexibility index (Phi) is 4.34. The first-order valence-electron chi connectivity index (χ1n) is 10.1. The van der Waals surface area contributed by atoms with E-state index in [9.17, 15) is 13.6 Å². The Hall–Kier alpha value is -3.22. The molecule has 0 bridgehead atoms. The van der Waals surface area contributed by atoms with Crippen LogP contribution in [-0.4, -0.2) is 34.9 Å². The third-order valence-electron chi connectivity index (χ3n) is 5.99. The van der Waals surface area contributed by atoms with Gasteiger partial charge in [-0.25, -0.2) is 13.8 Å². The molecule has 1 unspecified atom stereocenters. The molecule has 3 aromatic rings. The third-order valence-corrected chi connectivity index (χ3v) is 5.99. The molecule has 1 amide bonds. The van der Waals surface area contributed by atoms with Gasteiger partial charge in [-0.05, 0) is 47.9 Å². The number of aromatic amines is 1. The highest BCUT2D eigenvalue weighted by Gasteiger charge is 2.38. The molecule has 2 aliphatic rings. The fourth-order valence-corrected chi connectivity index (χ4v) is 4.43. The van der Waals surface area contributed by atoms with Gasteiger partial charge >= 0.3 is 0 Å². The number of fused-ring (bicyclic) bond motifs is 1. The van der Waals surface area contributed by atoms with Crippen LogP contribution in [0.5, 0.6) is 0 Å². The first-order valence-corrected chi connectivity index (χ1v) is 10.1. The number of hydrogen-bond acceptors (Lipinski definition) is 3. The molecule has 5 nitrogen and oxygen atoms in total. The smallest absolute Gasteiger partial charge is 0.266 e. The maximum Gasteiger partial charge on any atom is 0.266 e. The third kappa shape index (κ3) is 3.14. The Bertz CT molecular complexity index is 1140. The van der Waals surface area contributed by atoms with Crippen LogP contribution in [0.25, 0.3) is 11.0 Å². The van der Waals surface area contributed by atoms with Gasteiger partial charge in [0.1, 0.15) is 0 Å². The molecule has 0 saturated carbocycles. The SMILES string of the molecule is CCC1=CC(=O)N(c2ccc3nc[nH]c3c2)C1c1ccc(N2CCC(F)(F)C2)cc1. The summed E-state index contributed by atoms with van der Waals surface area (Å²) in [6, 6.07) is 13.2. The lowest BCUT2D eigenvalue weighted by atomic mass is 9.97. The maximum atomic E-state index is 13.6.